The van der Waals surface area contributed by atoms with Gasteiger partial charge >= 0.3 is 5.97 Å². The molecule has 3 fully saturated rings. The van der Waals surface area contributed by atoms with Crippen molar-refractivity contribution in [2.24, 2.45) is 5.41 Å². The average Bonchev–Trinajstić information content (AvgIpc) is 3.36. The zero-order valence-corrected chi connectivity index (χ0v) is 28.1. The molecule has 0 unspecified atom stereocenters. The van der Waals surface area contributed by atoms with Crippen molar-refractivity contribution in [2.45, 2.75) is 57.1 Å². The van der Waals surface area contributed by atoms with Crippen molar-refractivity contribution < 1.29 is 23.7 Å². The Kier molecular flexibility index (Phi) is 7.68. The number of halogens is 2. The molecule has 0 amide bonds. The quantitative estimate of drug-likeness (QED) is 0.206. The topological polar surface area (TPSA) is 115 Å². The van der Waals surface area contributed by atoms with Crippen molar-refractivity contribution >= 4 is 45.9 Å². The molecule has 48 heavy (non-hydrogen) atoms. The van der Waals surface area contributed by atoms with Crippen molar-refractivity contribution in [1.29, 1.82) is 5.26 Å². The molecule has 8 rings (SSSR count). The van der Waals surface area contributed by atoms with Crippen molar-refractivity contribution in [3.63, 3.8) is 0 Å². The number of fused-ring (bicyclic) bond motifs is 3. The number of rotatable bonds is 8. The zero-order valence-electron chi connectivity index (χ0n) is 26.6. The van der Waals surface area contributed by atoms with Gasteiger partial charge in [-0.3, -0.25) is 9.88 Å². The van der Waals surface area contributed by atoms with E-state index in [1.807, 2.05) is 25.1 Å². The van der Waals surface area contributed by atoms with Crippen LogP contribution in [0.5, 0.6) is 11.5 Å². The van der Waals surface area contributed by atoms with Gasteiger partial charge in [0.15, 0.2) is 11.5 Å². The molecule has 248 valence electrons. The van der Waals surface area contributed by atoms with E-state index >= 15 is 0 Å². The van der Waals surface area contributed by atoms with E-state index in [0.717, 1.165) is 43.0 Å². The molecule has 2 aromatic carbocycles. The van der Waals surface area contributed by atoms with Gasteiger partial charge in [-0.05, 0) is 49.2 Å². The lowest BCUT2D eigenvalue weighted by Gasteiger charge is -2.44. The predicted molar refractivity (Wildman–Crippen MR) is 178 cm³/mol. The molecule has 0 radical (unpaired) electrons. The van der Waals surface area contributed by atoms with Crippen LogP contribution >= 0.6 is 23.2 Å². The van der Waals surface area contributed by atoms with Gasteiger partial charge in [-0.2, -0.15) is 5.26 Å². The summed E-state index contributed by atoms with van der Waals surface area (Å²) in [7, 11) is 1.35. The molecule has 3 atom stereocenters. The van der Waals surface area contributed by atoms with Crippen LogP contribution in [0.4, 0.5) is 5.69 Å². The third kappa shape index (κ3) is 5.31. The zero-order chi connectivity index (χ0) is 33.2. The highest BCUT2D eigenvalue weighted by molar-refractivity contribution is 6.35. The van der Waals surface area contributed by atoms with E-state index in [-0.39, 0.29) is 17.5 Å². The van der Waals surface area contributed by atoms with Gasteiger partial charge in [-0.25, -0.2) is 9.78 Å². The molecule has 0 N–H and O–H groups in total. The Balaban J connectivity index is 1.09. The number of para-hydroxylation sites is 1. The number of anilines is 1. The van der Waals surface area contributed by atoms with E-state index in [0.29, 0.717) is 71.0 Å². The molecule has 3 aliphatic heterocycles. The minimum absolute atomic E-state index is 0.0649. The van der Waals surface area contributed by atoms with E-state index < -0.39 is 11.8 Å². The summed E-state index contributed by atoms with van der Waals surface area (Å²) in [5.41, 5.74) is 3.26. The molecule has 1 aliphatic carbocycles. The number of aromatic nitrogens is 3. The minimum Gasteiger partial charge on any atom is -0.465 e. The lowest BCUT2D eigenvalue weighted by Crippen LogP contribution is -2.59. The molecule has 0 bridgehead atoms. The number of piperazine rings is 1. The second-order valence-electron chi connectivity index (χ2n) is 13.2. The van der Waals surface area contributed by atoms with Crippen molar-refractivity contribution in [1.82, 2.24) is 19.4 Å². The van der Waals surface area contributed by atoms with E-state index in [2.05, 4.69) is 31.5 Å². The summed E-state index contributed by atoms with van der Waals surface area (Å²) in [4.78, 5) is 26.8. The van der Waals surface area contributed by atoms with Crippen molar-refractivity contribution in [3.05, 3.63) is 75.8 Å². The first-order valence-corrected chi connectivity index (χ1v) is 16.8. The highest BCUT2D eigenvalue weighted by Crippen LogP contribution is 2.52. The summed E-state index contributed by atoms with van der Waals surface area (Å²) >= 11 is 12.8. The number of methoxy groups -OCH3 is 1. The van der Waals surface area contributed by atoms with Crippen molar-refractivity contribution in [3.8, 4) is 17.6 Å². The number of nitrogens with zero attached hydrogens (tertiary/aromatic N) is 6. The van der Waals surface area contributed by atoms with E-state index in [1.54, 1.807) is 24.4 Å². The summed E-state index contributed by atoms with van der Waals surface area (Å²) in [5, 5.41) is 10.5. The summed E-state index contributed by atoms with van der Waals surface area (Å²) in [6.07, 6.45) is 4.00. The van der Waals surface area contributed by atoms with Gasteiger partial charge in [0, 0.05) is 44.6 Å². The van der Waals surface area contributed by atoms with Gasteiger partial charge in [-0.15, -0.1) is 0 Å². The first-order chi connectivity index (χ1) is 23.2. The maximum atomic E-state index is 12.5. The van der Waals surface area contributed by atoms with Gasteiger partial charge in [0.2, 0.25) is 0 Å². The maximum absolute atomic E-state index is 12.5. The Morgan fingerprint density at radius 3 is 2.71 bits per heavy atom. The number of esters is 1. The maximum Gasteiger partial charge on any atom is 0.337 e. The molecule has 4 aromatic rings. The molecule has 0 spiro atoms. The smallest absolute Gasteiger partial charge is 0.337 e. The number of pyridine rings is 1. The summed E-state index contributed by atoms with van der Waals surface area (Å²) in [6.45, 7) is 5.68. The van der Waals surface area contributed by atoms with Crippen LogP contribution in [-0.2, 0) is 28.4 Å². The van der Waals surface area contributed by atoms with Gasteiger partial charge in [0.25, 0.3) is 5.79 Å². The number of ether oxygens (including phenoxy) is 4. The summed E-state index contributed by atoms with van der Waals surface area (Å²) < 4.78 is 26.2. The molecule has 13 heteroatoms. The fraction of sp³-hybridized carbons (Fsp3) is 0.429. The number of nitriles is 1. The first kappa shape index (κ1) is 31.2. The molecular formula is C35H34Cl2N6O5. The third-order valence-electron chi connectivity index (χ3n) is 10.1. The molecule has 2 saturated heterocycles. The number of carbonyl (C=O) groups is 1. The number of hydrogen-bond acceptors (Lipinski definition) is 10. The molecule has 1 saturated carbocycles. The first-order valence-electron chi connectivity index (χ1n) is 16.1. The normalized spacial score (nSPS) is 24.0. The van der Waals surface area contributed by atoms with Gasteiger partial charge in [0.05, 0.1) is 71.8 Å². The monoisotopic (exact) mass is 688 g/mol. The van der Waals surface area contributed by atoms with E-state index in [9.17, 15) is 10.1 Å². The van der Waals surface area contributed by atoms with Crippen molar-refractivity contribution in [2.75, 3.05) is 38.3 Å². The summed E-state index contributed by atoms with van der Waals surface area (Å²) in [5.74, 6) is 0.643. The Hall–Kier alpha value is -4.08. The Morgan fingerprint density at radius 1 is 1.12 bits per heavy atom. The van der Waals surface area contributed by atoms with Crippen LogP contribution in [0, 0.1) is 16.7 Å². The summed E-state index contributed by atoms with van der Waals surface area (Å²) in [6, 6.07) is 15.5. The SMILES string of the molecule is COC(=O)c1cc(Cl)c2nc(CN3CCN(c4cccc5c4O[C@](C)(c4ccc(Cl)cn4)O5)[C@H]4COC[C@H]43)n(CC3(CC#N)CC3)c2c1. The molecule has 4 aliphatic rings. The molecule has 11 nitrogen and oxygen atoms in total. The predicted octanol–water partition coefficient (Wildman–Crippen LogP) is 5.95. The van der Waals surface area contributed by atoms with Gasteiger partial charge < -0.3 is 28.4 Å². The standard InChI is InChI=1S/C35H34Cl2N6O5/c1-34(29-7-6-22(36)16-39-29)47-28-5-3-4-24(32(28)48-34)42-13-12-41(26-18-46-19-27(26)42)17-30-40-31-23(37)14-21(33(44)45-2)15-25(31)43(30)20-35(8-9-35)10-11-38/h3-7,14-16,26-27H,8-10,12-13,17-20H2,1-2H3/t26-,27+,34-/m1/s1. The highest BCUT2D eigenvalue weighted by atomic mass is 35.5. The second kappa shape index (κ2) is 11.8. The van der Waals surface area contributed by atoms with Crippen LogP contribution in [0.3, 0.4) is 0 Å². The van der Waals surface area contributed by atoms with E-state index in [4.69, 9.17) is 47.1 Å². The second-order valence-corrected chi connectivity index (χ2v) is 14.1. The number of carbonyl (C=O) groups excluding carboxylic acids is 1. The number of benzene rings is 2. The van der Waals surface area contributed by atoms with Crippen LogP contribution in [-0.4, -0.2) is 70.9 Å². The minimum atomic E-state index is -1.09. The Morgan fingerprint density at radius 2 is 1.96 bits per heavy atom. The van der Waals surface area contributed by atoms with Crippen LogP contribution in [0.2, 0.25) is 10.0 Å². The molecule has 5 heterocycles. The average molecular weight is 690 g/mol. The van der Waals surface area contributed by atoms with Crippen LogP contribution in [0.1, 0.15) is 48.1 Å². The Labute approximate surface area is 287 Å². The van der Waals surface area contributed by atoms with Gasteiger partial charge in [-0.1, -0.05) is 29.3 Å². The third-order valence-corrected chi connectivity index (χ3v) is 10.6. The number of imidazole rings is 1. The molecule has 2 aromatic heterocycles. The molecular weight excluding hydrogens is 655 g/mol. The van der Waals surface area contributed by atoms with Crippen LogP contribution < -0.4 is 14.4 Å². The van der Waals surface area contributed by atoms with Crippen LogP contribution in [0.15, 0.2) is 48.7 Å². The van der Waals surface area contributed by atoms with Crippen LogP contribution in [0.25, 0.3) is 11.0 Å². The van der Waals surface area contributed by atoms with Gasteiger partial charge in [0.1, 0.15) is 17.0 Å². The lowest BCUT2D eigenvalue weighted by molar-refractivity contribution is -0.0716. The number of hydrogen-bond donors (Lipinski definition) is 0. The van der Waals surface area contributed by atoms with E-state index in [1.165, 1.54) is 7.11 Å². The fourth-order valence-corrected chi connectivity index (χ4v) is 7.71. The largest absolute Gasteiger partial charge is 0.465 e. The lowest BCUT2D eigenvalue weighted by atomic mass is 10.0. The highest BCUT2D eigenvalue weighted by Gasteiger charge is 2.47. The Bertz CT molecular complexity index is 1960. The fourth-order valence-electron chi connectivity index (χ4n) is 7.34.